The minimum absolute atomic E-state index is 0.143. The van der Waals surface area contributed by atoms with Crippen LogP contribution in [0, 0.1) is 0 Å². The van der Waals surface area contributed by atoms with Crippen molar-refractivity contribution in [2.24, 2.45) is 0 Å². The Balaban J connectivity index is 4.13. The summed E-state index contributed by atoms with van der Waals surface area (Å²) in [4.78, 5) is 11.9. The Morgan fingerprint density at radius 3 is 2.14 bits per heavy atom. The molecule has 0 aromatic carbocycles. The number of ketones is 1. The van der Waals surface area contributed by atoms with Gasteiger partial charge >= 0.3 is 0 Å². The molecule has 0 saturated carbocycles. The second-order valence-corrected chi connectivity index (χ2v) is 9.32. The van der Waals surface area contributed by atoms with Crippen LogP contribution in [-0.2, 0) is 4.79 Å². The maximum Gasteiger partial charge on any atom is 0.151 e. The number of Topliss-reactive ketones (excluding diaryl/α,β-unsaturated/α-hetero) is 1. The van der Waals surface area contributed by atoms with E-state index in [-0.39, 0.29) is 17.9 Å². The maximum atomic E-state index is 11.9. The summed E-state index contributed by atoms with van der Waals surface area (Å²) in [6, 6.07) is 0.00956. The van der Waals surface area contributed by atoms with Gasteiger partial charge in [-0.15, -0.1) is 0 Å². The molecular formula is C25H44N2OS. The highest BCUT2D eigenvalue weighted by molar-refractivity contribution is 7.99. The molecule has 0 rings (SSSR count). The lowest BCUT2D eigenvalue weighted by molar-refractivity contribution is -0.118. The van der Waals surface area contributed by atoms with Crippen molar-refractivity contribution in [3.05, 3.63) is 47.2 Å². The first-order chi connectivity index (χ1) is 13.7. The summed E-state index contributed by atoms with van der Waals surface area (Å²) < 4.78 is 0. The summed E-state index contributed by atoms with van der Waals surface area (Å²) in [5.41, 5.74) is 5.21. The average Bonchev–Trinajstić information content (AvgIpc) is 2.65. The number of rotatable bonds is 16. The standard InChI is InChI=1S/C25H44N2OS/c1-19(2)11-9-12-20(3)13-10-14-21(4)15-17-29-18-16-25(24(7)28)27-23(6)22(5)26-8/h11,13,15,22,25-27H,6,9-10,12,14,16-18H2,1-5,7-8H3/b20-13+,21-15+. The van der Waals surface area contributed by atoms with E-state index >= 15 is 0 Å². The van der Waals surface area contributed by atoms with Gasteiger partial charge in [0.25, 0.3) is 0 Å². The third-order valence-corrected chi connectivity index (χ3v) is 5.96. The Kier molecular flexibility index (Phi) is 15.8. The number of allylic oxidation sites excluding steroid dienone is 5. The number of hydrogen-bond donors (Lipinski definition) is 2. The molecule has 166 valence electrons. The average molecular weight is 421 g/mol. The van der Waals surface area contributed by atoms with Crippen LogP contribution in [0.25, 0.3) is 0 Å². The second-order valence-electron chi connectivity index (χ2n) is 8.17. The molecular weight excluding hydrogens is 376 g/mol. The number of likely N-dealkylation sites (N-methyl/N-ethyl adjacent to an activating group) is 1. The van der Waals surface area contributed by atoms with Crippen LogP contribution in [-0.4, -0.2) is 36.4 Å². The molecule has 0 fully saturated rings. The molecule has 0 spiro atoms. The highest BCUT2D eigenvalue weighted by Crippen LogP contribution is 2.13. The molecule has 0 aliphatic rings. The zero-order valence-corrected chi connectivity index (χ0v) is 20.7. The fourth-order valence-corrected chi connectivity index (χ4v) is 3.70. The molecule has 2 unspecified atom stereocenters. The van der Waals surface area contributed by atoms with Gasteiger partial charge in [0.05, 0.1) is 6.04 Å². The first kappa shape index (κ1) is 27.7. The first-order valence-corrected chi connectivity index (χ1v) is 12.0. The first-order valence-electron chi connectivity index (χ1n) is 10.8. The van der Waals surface area contributed by atoms with Crippen molar-refractivity contribution in [1.82, 2.24) is 10.6 Å². The molecule has 0 heterocycles. The molecule has 0 amide bonds. The van der Waals surface area contributed by atoms with Gasteiger partial charge in [-0.25, -0.2) is 0 Å². The lowest BCUT2D eigenvalue weighted by Gasteiger charge is -2.22. The molecule has 0 bridgehead atoms. The fourth-order valence-electron chi connectivity index (χ4n) is 2.72. The van der Waals surface area contributed by atoms with Crippen LogP contribution >= 0.6 is 11.8 Å². The molecule has 4 heteroatoms. The van der Waals surface area contributed by atoms with Crippen LogP contribution in [0.3, 0.4) is 0 Å². The minimum Gasteiger partial charge on any atom is -0.378 e. The summed E-state index contributed by atoms with van der Waals surface area (Å²) in [6.07, 6.45) is 12.4. The molecule has 0 aromatic heterocycles. The topological polar surface area (TPSA) is 41.1 Å². The highest BCUT2D eigenvalue weighted by atomic mass is 32.2. The van der Waals surface area contributed by atoms with E-state index in [0.717, 1.165) is 49.3 Å². The van der Waals surface area contributed by atoms with Crippen molar-refractivity contribution in [1.29, 1.82) is 0 Å². The van der Waals surface area contributed by atoms with Gasteiger partial charge in [0, 0.05) is 17.5 Å². The largest absolute Gasteiger partial charge is 0.378 e. The predicted octanol–water partition coefficient (Wildman–Crippen LogP) is 6.20. The van der Waals surface area contributed by atoms with Crippen LogP contribution in [0.2, 0.25) is 0 Å². The molecule has 0 aliphatic carbocycles. The van der Waals surface area contributed by atoms with E-state index < -0.39 is 0 Å². The Morgan fingerprint density at radius 2 is 1.59 bits per heavy atom. The fraction of sp³-hybridized carbons (Fsp3) is 0.640. The van der Waals surface area contributed by atoms with Gasteiger partial charge in [-0.05, 0) is 86.4 Å². The van der Waals surface area contributed by atoms with Crippen LogP contribution in [0.4, 0.5) is 0 Å². The molecule has 0 aromatic rings. The monoisotopic (exact) mass is 420 g/mol. The van der Waals surface area contributed by atoms with Gasteiger partial charge in [-0.3, -0.25) is 4.79 Å². The second kappa shape index (κ2) is 16.5. The number of carbonyl (C=O) groups excluding carboxylic acids is 1. The van der Waals surface area contributed by atoms with Crippen molar-refractivity contribution in [3.8, 4) is 0 Å². The molecule has 0 radical (unpaired) electrons. The van der Waals surface area contributed by atoms with E-state index in [0.29, 0.717) is 0 Å². The molecule has 0 saturated heterocycles. The molecule has 2 atom stereocenters. The van der Waals surface area contributed by atoms with Gasteiger partial charge in [0.1, 0.15) is 0 Å². The van der Waals surface area contributed by atoms with E-state index in [1.165, 1.54) is 16.7 Å². The Bertz CT molecular complexity index is 586. The Labute approximate surface area is 184 Å². The van der Waals surface area contributed by atoms with E-state index in [2.05, 4.69) is 63.1 Å². The van der Waals surface area contributed by atoms with Gasteiger partial charge in [0.15, 0.2) is 5.78 Å². The van der Waals surface area contributed by atoms with Gasteiger partial charge in [0.2, 0.25) is 0 Å². The normalized spacial score (nSPS) is 14.3. The summed E-state index contributed by atoms with van der Waals surface area (Å²) in [5, 5.41) is 6.42. The zero-order chi connectivity index (χ0) is 22.2. The SMILES string of the molecule is C=C(NC(CCSC/C=C(\C)CC/C=C(\C)CCC=C(C)C)C(C)=O)C(C)NC. The lowest BCUT2D eigenvalue weighted by Crippen LogP contribution is -2.40. The zero-order valence-electron chi connectivity index (χ0n) is 19.9. The quantitative estimate of drug-likeness (QED) is 0.230. The highest BCUT2D eigenvalue weighted by Gasteiger charge is 2.16. The Morgan fingerprint density at radius 1 is 1.00 bits per heavy atom. The summed E-state index contributed by atoms with van der Waals surface area (Å²) in [7, 11) is 1.90. The van der Waals surface area contributed by atoms with Gasteiger partial charge in [-0.1, -0.05) is 41.5 Å². The van der Waals surface area contributed by atoms with Crippen molar-refractivity contribution in [3.63, 3.8) is 0 Å². The smallest absolute Gasteiger partial charge is 0.151 e. The Hall–Kier alpha value is -1.26. The number of nitrogens with one attached hydrogen (secondary N) is 2. The number of hydrogen-bond acceptors (Lipinski definition) is 4. The molecule has 3 nitrogen and oxygen atoms in total. The van der Waals surface area contributed by atoms with Crippen LogP contribution < -0.4 is 10.6 Å². The van der Waals surface area contributed by atoms with Crippen molar-refractivity contribution < 1.29 is 4.79 Å². The molecule has 2 N–H and O–H groups in total. The van der Waals surface area contributed by atoms with E-state index in [9.17, 15) is 4.79 Å². The van der Waals surface area contributed by atoms with Crippen LogP contribution in [0.5, 0.6) is 0 Å². The summed E-state index contributed by atoms with van der Waals surface area (Å²) in [6.45, 7) is 16.5. The molecule has 29 heavy (non-hydrogen) atoms. The third kappa shape index (κ3) is 15.3. The molecule has 0 aliphatic heterocycles. The van der Waals surface area contributed by atoms with Crippen molar-refractivity contribution in [2.45, 2.75) is 85.7 Å². The summed E-state index contributed by atoms with van der Waals surface area (Å²) in [5.74, 6) is 2.15. The van der Waals surface area contributed by atoms with Crippen LogP contribution in [0.1, 0.15) is 73.6 Å². The van der Waals surface area contributed by atoms with Crippen molar-refractivity contribution >= 4 is 17.5 Å². The van der Waals surface area contributed by atoms with E-state index in [4.69, 9.17) is 0 Å². The lowest BCUT2D eigenvalue weighted by atomic mass is 10.1. The minimum atomic E-state index is -0.143. The van der Waals surface area contributed by atoms with Crippen molar-refractivity contribution in [2.75, 3.05) is 18.6 Å². The van der Waals surface area contributed by atoms with Gasteiger partial charge in [-0.2, -0.15) is 11.8 Å². The maximum absolute atomic E-state index is 11.9. The third-order valence-electron chi connectivity index (χ3n) is 5.03. The van der Waals surface area contributed by atoms with Crippen LogP contribution in [0.15, 0.2) is 47.2 Å². The summed E-state index contributed by atoms with van der Waals surface area (Å²) >= 11 is 1.89. The number of carbonyl (C=O) groups is 1. The number of thioether (sulfide) groups is 1. The van der Waals surface area contributed by atoms with E-state index in [1.807, 2.05) is 25.7 Å². The van der Waals surface area contributed by atoms with Gasteiger partial charge < -0.3 is 10.6 Å². The predicted molar refractivity (Wildman–Crippen MR) is 133 cm³/mol. The van der Waals surface area contributed by atoms with E-state index in [1.54, 1.807) is 6.92 Å².